The molecule has 1 unspecified atom stereocenters. The lowest BCUT2D eigenvalue weighted by atomic mass is 10.1. The van der Waals surface area contributed by atoms with Gasteiger partial charge in [0.15, 0.2) is 0 Å². The molecule has 0 spiro atoms. The summed E-state index contributed by atoms with van der Waals surface area (Å²) in [6.45, 7) is 11.0. The van der Waals surface area contributed by atoms with E-state index in [1.54, 1.807) is 0 Å². The van der Waals surface area contributed by atoms with Crippen molar-refractivity contribution in [3.63, 3.8) is 0 Å². The maximum atomic E-state index is 4.71. The molecule has 0 amide bonds. The zero-order valence-electron chi connectivity index (χ0n) is 12.7. The van der Waals surface area contributed by atoms with Gasteiger partial charge >= 0.3 is 0 Å². The van der Waals surface area contributed by atoms with E-state index in [1.807, 2.05) is 7.05 Å². The Hall–Kier alpha value is -0.910. The fraction of sp³-hybridized carbons (Fsp3) is 0.786. The van der Waals surface area contributed by atoms with Gasteiger partial charge in [-0.15, -0.1) is 0 Å². The number of nitrogens with zero attached hydrogens (tertiary/aromatic N) is 4. The van der Waals surface area contributed by atoms with Gasteiger partial charge in [0, 0.05) is 46.0 Å². The van der Waals surface area contributed by atoms with Gasteiger partial charge in [-0.05, 0) is 20.5 Å². The molecule has 0 bridgehead atoms. The van der Waals surface area contributed by atoms with E-state index in [9.17, 15) is 0 Å². The number of rotatable bonds is 5. The van der Waals surface area contributed by atoms with Crippen LogP contribution in [-0.4, -0.2) is 65.7 Å². The van der Waals surface area contributed by atoms with Crippen LogP contribution >= 0.6 is 0 Å². The lowest BCUT2D eigenvalue weighted by Crippen LogP contribution is -2.49. The predicted molar refractivity (Wildman–Crippen MR) is 78.3 cm³/mol. The van der Waals surface area contributed by atoms with Crippen molar-refractivity contribution in [1.82, 2.24) is 24.7 Å². The Balaban J connectivity index is 2.08. The molecule has 1 N–H and O–H groups in total. The maximum Gasteiger partial charge on any atom is 0.105 e. The van der Waals surface area contributed by atoms with Crippen molar-refractivity contribution in [2.75, 3.05) is 46.3 Å². The number of hydrogen-bond acceptors (Lipinski definition) is 4. The van der Waals surface area contributed by atoms with Gasteiger partial charge in [-0.1, -0.05) is 6.92 Å². The maximum absolute atomic E-state index is 4.71. The molecule has 19 heavy (non-hydrogen) atoms. The van der Waals surface area contributed by atoms with Crippen LogP contribution in [0.15, 0.2) is 6.20 Å². The summed E-state index contributed by atoms with van der Waals surface area (Å²) >= 11 is 0. The second-order valence-corrected chi connectivity index (χ2v) is 5.37. The highest BCUT2D eigenvalue weighted by Gasteiger charge is 2.25. The fourth-order valence-corrected chi connectivity index (χ4v) is 2.75. The SMILES string of the molecule is CCN1CCN(C(CNC)c2cn(C)c(C)n2)CC1. The highest BCUT2D eigenvalue weighted by Crippen LogP contribution is 2.20. The average Bonchev–Trinajstić information content (AvgIpc) is 2.76. The van der Waals surface area contributed by atoms with E-state index < -0.39 is 0 Å². The molecule has 0 radical (unpaired) electrons. The summed E-state index contributed by atoms with van der Waals surface area (Å²) < 4.78 is 2.11. The quantitative estimate of drug-likeness (QED) is 0.847. The van der Waals surface area contributed by atoms with Crippen LogP contribution < -0.4 is 5.32 Å². The highest BCUT2D eigenvalue weighted by atomic mass is 15.3. The zero-order chi connectivity index (χ0) is 13.8. The smallest absolute Gasteiger partial charge is 0.105 e. The third kappa shape index (κ3) is 3.35. The molecule has 1 atom stereocenters. The van der Waals surface area contributed by atoms with Crippen molar-refractivity contribution >= 4 is 0 Å². The molecule has 5 heteroatoms. The summed E-state index contributed by atoms with van der Waals surface area (Å²) in [6, 6.07) is 0.393. The van der Waals surface area contributed by atoms with Crippen LogP contribution in [-0.2, 0) is 7.05 Å². The Kier molecular flexibility index (Phi) is 4.96. The van der Waals surface area contributed by atoms with Gasteiger partial charge in [0.05, 0.1) is 11.7 Å². The summed E-state index contributed by atoms with van der Waals surface area (Å²) in [4.78, 5) is 9.78. The van der Waals surface area contributed by atoms with Gasteiger partial charge < -0.3 is 14.8 Å². The van der Waals surface area contributed by atoms with E-state index in [0.29, 0.717) is 6.04 Å². The first-order chi connectivity index (χ1) is 9.15. The van der Waals surface area contributed by atoms with Crippen LogP contribution in [0.3, 0.4) is 0 Å². The molecule has 1 aromatic heterocycles. The number of aryl methyl sites for hydroxylation is 2. The highest BCUT2D eigenvalue weighted by molar-refractivity contribution is 5.09. The van der Waals surface area contributed by atoms with Crippen LogP contribution in [0.4, 0.5) is 0 Å². The Labute approximate surface area is 116 Å². The Bertz CT molecular complexity index is 373. The standard InChI is InChI=1S/C14H27N5/c1-5-18-6-8-19(9-7-18)14(10-15-3)13-11-17(4)12(2)16-13/h11,14-15H,5-10H2,1-4H3. The molecule has 1 aromatic rings. The normalized spacial score (nSPS) is 19.8. The van der Waals surface area contributed by atoms with Crippen molar-refractivity contribution in [3.05, 3.63) is 17.7 Å². The molecular weight excluding hydrogens is 238 g/mol. The van der Waals surface area contributed by atoms with E-state index in [1.165, 1.54) is 18.8 Å². The summed E-state index contributed by atoms with van der Waals surface area (Å²) in [5.41, 5.74) is 1.19. The number of nitrogens with one attached hydrogen (secondary N) is 1. The van der Waals surface area contributed by atoms with Gasteiger partial charge in [-0.2, -0.15) is 0 Å². The van der Waals surface area contributed by atoms with Crippen LogP contribution in [0.1, 0.15) is 24.5 Å². The Morgan fingerprint density at radius 1 is 1.32 bits per heavy atom. The molecule has 2 heterocycles. The molecule has 0 aromatic carbocycles. The Morgan fingerprint density at radius 3 is 2.47 bits per heavy atom. The minimum Gasteiger partial charge on any atom is -0.338 e. The molecule has 0 saturated carbocycles. The van der Waals surface area contributed by atoms with Crippen molar-refractivity contribution in [2.24, 2.45) is 7.05 Å². The fourth-order valence-electron chi connectivity index (χ4n) is 2.75. The molecule has 5 nitrogen and oxygen atoms in total. The number of imidazole rings is 1. The number of hydrogen-bond donors (Lipinski definition) is 1. The van der Waals surface area contributed by atoms with Crippen LogP contribution in [0.25, 0.3) is 0 Å². The van der Waals surface area contributed by atoms with E-state index >= 15 is 0 Å². The lowest BCUT2D eigenvalue weighted by molar-refractivity contribution is 0.0975. The van der Waals surface area contributed by atoms with Crippen LogP contribution in [0.2, 0.25) is 0 Å². The van der Waals surface area contributed by atoms with Gasteiger partial charge in [-0.3, -0.25) is 4.90 Å². The third-order valence-corrected chi connectivity index (χ3v) is 4.16. The molecule has 1 fully saturated rings. The van der Waals surface area contributed by atoms with Crippen molar-refractivity contribution in [3.8, 4) is 0 Å². The predicted octanol–water partition coefficient (Wildman–Crippen LogP) is 0.627. The summed E-state index contributed by atoms with van der Waals surface area (Å²) in [6.07, 6.45) is 2.17. The first kappa shape index (κ1) is 14.5. The number of piperazine rings is 1. The second kappa shape index (κ2) is 6.50. The Morgan fingerprint density at radius 2 is 2.00 bits per heavy atom. The molecule has 2 rings (SSSR count). The summed E-state index contributed by atoms with van der Waals surface area (Å²) in [5.74, 6) is 1.09. The minimum absolute atomic E-state index is 0.393. The lowest BCUT2D eigenvalue weighted by Gasteiger charge is -2.38. The third-order valence-electron chi connectivity index (χ3n) is 4.16. The topological polar surface area (TPSA) is 36.3 Å². The molecule has 108 valence electrons. The van der Waals surface area contributed by atoms with Gasteiger partial charge in [-0.25, -0.2) is 4.98 Å². The van der Waals surface area contributed by atoms with E-state index in [2.05, 4.69) is 46.8 Å². The second-order valence-electron chi connectivity index (χ2n) is 5.37. The zero-order valence-corrected chi connectivity index (χ0v) is 12.7. The molecule has 0 aliphatic carbocycles. The van der Waals surface area contributed by atoms with E-state index in [0.717, 1.165) is 32.0 Å². The van der Waals surface area contributed by atoms with E-state index in [-0.39, 0.29) is 0 Å². The summed E-state index contributed by atoms with van der Waals surface area (Å²) in [7, 11) is 4.09. The largest absolute Gasteiger partial charge is 0.338 e. The van der Waals surface area contributed by atoms with Gasteiger partial charge in [0.25, 0.3) is 0 Å². The molecular formula is C14H27N5. The minimum atomic E-state index is 0.393. The first-order valence-electron chi connectivity index (χ1n) is 7.26. The van der Waals surface area contributed by atoms with Crippen molar-refractivity contribution in [2.45, 2.75) is 19.9 Å². The average molecular weight is 265 g/mol. The van der Waals surface area contributed by atoms with Crippen LogP contribution in [0, 0.1) is 6.92 Å². The molecule has 1 aliphatic heterocycles. The van der Waals surface area contributed by atoms with Crippen molar-refractivity contribution < 1.29 is 0 Å². The molecule has 1 saturated heterocycles. The summed E-state index contributed by atoms with van der Waals surface area (Å²) in [5, 5.41) is 3.31. The van der Waals surface area contributed by atoms with Gasteiger partial charge in [0.1, 0.15) is 5.82 Å². The number of likely N-dealkylation sites (N-methyl/N-ethyl adjacent to an activating group) is 2. The van der Waals surface area contributed by atoms with E-state index in [4.69, 9.17) is 4.98 Å². The monoisotopic (exact) mass is 265 g/mol. The molecule has 1 aliphatic rings. The first-order valence-corrected chi connectivity index (χ1v) is 7.26. The van der Waals surface area contributed by atoms with Crippen molar-refractivity contribution in [1.29, 1.82) is 0 Å². The van der Waals surface area contributed by atoms with Gasteiger partial charge in [0.2, 0.25) is 0 Å². The number of aromatic nitrogens is 2. The van der Waals surface area contributed by atoms with Crippen LogP contribution in [0.5, 0.6) is 0 Å².